The molecule has 13 heavy (non-hydrogen) atoms. The van der Waals surface area contributed by atoms with Gasteiger partial charge < -0.3 is 5.73 Å². The van der Waals surface area contributed by atoms with Crippen LogP contribution < -0.4 is 5.73 Å². The molecule has 1 heteroatoms. The van der Waals surface area contributed by atoms with Crippen LogP contribution in [0, 0.1) is 11.8 Å². The van der Waals surface area contributed by atoms with Crippen LogP contribution >= 0.6 is 0 Å². The lowest BCUT2D eigenvalue weighted by molar-refractivity contribution is 0.365. The van der Waals surface area contributed by atoms with Crippen LogP contribution in [0.1, 0.15) is 46.5 Å². The lowest BCUT2D eigenvalue weighted by Gasteiger charge is -2.27. The van der Waals surface area contributed by atoms with Crippen molar-refractivity contribution in [1.82, 2.24) is 0 Å². The minimum absolute atomic E-state index is 0.306. The number of hydrogen-bond donors (Lipinski definition) is 1. The monoisotopic (exact) mass is 181 g/mol. The molecular weight excluding hydrogens is 158 g/mol. The maximum Gasteiger partial charge on any atom is 0.0282 e. The Balaban J connectivity index is 2.54. The predicted molar refractivity (Wildman–Crippen MR) is 58.5 cm³/mol. The van der Waals surface area contributed by atoms with Gasteiger partial charge in [0, 0.05) is 6.04 Å². The van der Waals surface area contributed by atoms with E-state index < -0.39 is 0 Å². The van der Waals surface area contributed by atoms with Gasteiger partial charge in [-0.15, -0.1) is 0 Å². The van der Waals surface area contributed by atoms with Gasteiger partial charge >= 0.3 is 0 Å². The Kier molecular flexibility index (Phi) is 3.98. The summed E-state index contributed by atoms with van der Waals surface area (Å²) in [6.07, 6.45) is 7.54. The first kappa shape index (κ1) is 10.8. The molecule has 1 aliphatic rings. The molecule has 0 amide bonds. The number of nitrogens with two attached hydrogens (primary N) is 1. The zero-order chi connectivity index (χ0) is 9.84. The van der Waals surface area contributed by atoms with Gasteiger partial charge in [-0.1, -0.05) is 32.4 Å². The fraction of sp³-hybridized carbons (Fsp3) is 0.833. The molecule has 0 aromatic heterocycles. The van der Waals surface area contributed by atoms with Gasteiger partial charge in [0.1, 0.15) is 0 Å². The first-order valence-corrected chi connectivity index (χ1v) is 5.57. The SMILES string of the molecule is CC(C)C(C)C(N)C1=CCCCC1. The summed E-state index contributed by atoms with van der Waals surface area (Å²) in [5, 5.41) is 0. The number of rotatable bonds is 3. The summed E-state index contributed by atoms with van der Waals surface area (Å²) < 4.78 is 0. The highest BCUT2D eigenvalue weighted by Gasteiger charge is 2.20. The maximum absolute atomic E-state index is 6.22. The molecule has 2 N–H and O–H groups in total. The van der Waals surface area contributed by atoms with Crippen molar-refractivity contribution in [3.05, 3.63) is 11.6 Å². The van der Waals surface area contributed by atoms with Gasteiger partial charge in [0.15, 0.2) is 0 Å². The molecule has 0 aliphatic heterocycles. The van der Waals surface area contributed by atoms with Crippen molar-refractivity contribution >= 4 is 0 Å². The molecule has 0 aromatic carbocycles. The van der Waals surface area contributed by atoms with Crippen LogP contribution in [0.25, 0.3) is 0 Å². The number of hydrogen-bond acceptors (Lipinski definition) is 1. The molecule has 0 heterocycles. The summed E-state index contributed by atoms with van der Waals surface area (Å²) in [6.45, 7) is 6.78. The third kappa shape index (κ3) is 2.84. The molecule has 0 saturated carbocycles. The Hall–Kier alpha value is -0.300. The largest absolute Gasteiger partial charge is 0.324 e. The standard InChI is InChI=1S/C12H23N/c1-9(2)10(3)12(13)11-7-5-4-6-8-11/h7,9-10,12H,4-6,8,13H2,1-3H3. The summed E-state index contributed by atoms with van der Waals surface area (Å²) in [5.41, 5.74) is 7.73. The van der Waals surface area contributed by atoms with Crippen LogP contribution in [0.5, 0.6) is 0 Å². The lowest BCUT2D eigenvalue weighted by Crippen LogP contribution is -2.33. The van der Waals surface area contributed by atoms with Crippen molar-refractivity contribution in [2.24, 2.45) is 17.6 Å². The Morgan fingerprint density at radius 3 is 2.38 bits per heavy atom. The van der Waals surface area contributed by atoms with E-state index in [-0.39, 0.29) is 0 Å². The van der Waals surface area contributed by atoms with E-state index in [1.165, 1.54) is 31.3 Å². The molecule has 1 aliphatic carbocycles. The molecule has 0 aromatic rings. The molecule has 2 unspecified atom stereocenters. The maximum atomic E-state index is 6.22. The molecule has 0 fully saturated rings. The molecule has 0 saturated heterocycles. The Bertz CT molecular complexity index is 182. The van der Waals surface area contributed by atoms with Gasteiger partial charge in [0.2, 0.25) is 0 Å². The molecule has 76 valence electrons. The van der Waals surface area contributed by atoms with Gasteiger partial charge in [-0.3, -0.25) is 0 Å². The first-order chi connectivity index (χ1) is 6.13. The highest BCUT2D eigenvalue weighted by Crippen LogP contribution is 2.25. The topological polar surface area (TPSA) is 26.0 Å². The van der Waals surface area contributed by atoms with Crippen molar-refractivity contribution < 1.29 is 0 Å². The second-order valence-corrected chi connectivity index (χ2v) is 4.65. The quantitative estimate of drug-likeness (QED) is 0.665. The first-order valence-electron chi connectivity index (χ1n) is 5.57. The highest BCUT2D eigenvalue weighted by atomic mass is 14.7. The minimum atomic E-state index is 0.306. The van der Waals surface area contributed by atoms with E-state index in [2.05, 4.69) is 26.8 Å². The van der Waals surface area contributed by atoms with Gasteiger partial charge in [0.25, 0.3) is 0 Å². The normalized spacial score (nSPS) is 22.7. The summed E-state index contributed by atoms with van der Waals surface area (Å²) in [4.78, 5) is 0. The van der Waals surface area contributed by atoms with E-state index in [0.717, 1.165) is 0 Å². The van der Waals surface area contributed by atoms with Crippen molar-refractivity contribution in [1.29, 1.82) is 0 Å². The van der Waals surface area contributed by atoms with Crippen LogP contribution in [0.2, 0.25) is 0 Å². The zero-order valence-corrected chi connectivity index (χ0v) is 9.22. The average Bonchev–Trinajstić information content (AvgIpc) is 2.17. The van der Waals surface area contributed by atoms with Crippen LogP contribution in [-0.4, -0.2) is 6.04 Å². The predicted octanol–water partition coefficient (Wildman–Crippen LogP) is 3.11. The van der Waals surface area contributed by atoms with E-state index in [1.54, 1.807) is 0 Å². The van der Waals surface area contributed by atoms with Gasteiger partial charge in [0.05, 0.1) is 0 Å². The summed E-state index contributed by atoms with van der Waals surface area (Å²) in [6, 6.07) is 0.306. The van der Waals surface area contributed by atoms with Crippen LogP contribution in [0.4, 0.5) is 0 Å². The zero-order valence-electron chi connectivity index (χ0n) is 9.22. The van der Waals surface area contributed by atoms with E-state index in [9.17, 15) is 0 Å². The molecule has 0 radical (unpaired) electrons. The van der Waals surface area contributed by atoms with Crippen LogP contribution in [0.3, 0.4) is 0 Å². The Morgan fingerprint density at radius 2 is 1.92 bits per heavy atom. The molecule has 1 rings (SSSR count). The van der Waals surface area contributed by atoms with Crippen molar-refractivity contribution in [2.45, 2.75) is 52.5 Å². The Labute approximate surface area is 82.4 Å². The molecule has 0 bridgehead atoms. The van der Waals surface area contributed by atoms with Crippen molar-refractivity contribution in [2.75, 3.05) is 0 Å². The van der Waals surface area contributed by atoms with Crippen LogP contribution in [-0.2, 0) is 0 Å². The van der Waals surface area contributed by atoms with Crippen molar-refractivity contribution in [3.8, 4) is 0 Å². The van der Waals surface area contributed by atoms with E-state index >= 15 is 0 Å². The minimum Gasteiger partial charge on any atom is -0.324 e. The second kappa shape index (κ2) is 4.80. The molecule has 0 spiro atoms. The van der Waals surface area contributed by atoms with Gasteiger partial charge in [-0.05, 0) is 37.5 Å². The second-order valence-electron chi connectivity index (χ2n) is 4.65. The fourth-order valence-electron chi connectivity index (χ4n) is 1.92. The third-order valence-corrected chi connectivity index (χ3v) is 3.37. The Morgan fingerprint density at radius 1 is 1.23 bits per heavy atom. The lowest BCUT2D eigenvalue weighted by atomic mass is 9.82. The van der Waals surface area contributed by atoms with E-state index in [4.69, 9.17) is 5.73 Å². The third-order valence-electron chi connectivity index (χ3n) is 3.37. The summed E-state index contributed by atoms with van der Waals surface area (Å²) >= 11 is 0. The molecular formula is C12H23N. The van der Waals surface area contributed by atoms with Crippen LogP contribution in [0.15, 0.2) is 11.6 Å². The summed E-state index contributed by atoms with van der Waals surface area (Å²) in [7, 11) is 0. The molecule has 1 nitrogen and oxygen atoms in total. The average molecular weight is 181 g/mol. The van der Waals surface area contributed by atoms with Gasteiger partial charge in [-0.2, -0.15) is 0 Å². The smallest absolute Gasteiger partial charge is 0.0282 e. The van der Waals surface area contributed by atoms with Gasteiger partial charge in [-0.25, -0.2) is 0 Å². The van der Waals surface area contributed by atoms with E-state index in [1.807, 2.05) is 0 Å². The van der Waals surface area contributed by atoms with Crippen molar-refractivity contribution in [3.63, 3.8) is 0 Å². The summed E-state index contributed by atoms with van der Waals surface area (Å²) in [5.74, 6) is 1.31. The molecule has 2 atom stereocenters. The van der Waals surface area contributed by atoms with E-state index in [0.29, 0.717) is 17.9 Å². The highest BCUT2D eigenvalue weighted by molar-refractivity contribution is 5.13. The number of allylic oxidation sites excluding steroid dienone is 1. The fourth-order valence-corrected chi connectivity index (χ4v) is 1.92.